The van der Waals surface area contributed by atoms with Gasteiger partial charge < -0.3 is 20.3 Å². The SMILES string of the molecule is CC(C)(C)OC(=O)N[C@H]1CCCCCC=C[C@@H]2C[C@@]2(C(=O)NS(=O)(=O)Nc2ccc(Cl)c(Cl)c2)NC(=O)C2CCCN2C1=O. The van der Waals surface area contributed by atoms with E-state index in [1.807, 2.05) is 16.9 Å². The summed E-state index contributed by atoms with van der Waals surface area (Å²) in [5, 5.41) is 5.82. The Labute approximate surface area is 267 Å². The first kappa shape index (κ1) is 33.9. The fourth-order valence-corrected chi connectivity index (χ4v) is 6.71. The van der Waals surface area contributed by atoms with Crippen molar-refractivity contribution in [2.75, 3.05) is 11.3 Å². The molecule has 1 unspecified atom stereocenters. The van der Waals surface area contributed by atoms with Crippen LogP contribution in [0.2, 0.25) is 10.0 Å². The molecule has 12 nitrogen and oxygen atoms in total. The summed E-state index contributed by atoms with van der Waals surface area (Å²) in [6.07, 6.45) is 7.44. The van der Waals surface area contributed by atoms with Gasteiger partial charge >= 0.3 is 16.3 Å². The molecule has 4 N–H and O–H groups in total. The van der Waals surface area contributed by atoms with Crippen molar-refractivity contribution in [3.8, 4) is 0 Å². The molecule has 4 rings (SSSR count). The van der Waals surface area contributed by atoms with Crippen molar-refractivity contribution in [1.82, 2.24) is 20.3 Å². The van der Waals surface area contributed by atoms with E-state index in [0.717, 1.165) is 12.8 Å². The fraction of sp³-hybridized carbons (Fsp3) is 0.586. The Balaban J connectivity index is 1.53. The van der Waals surface area contributed by atoms with E-state index in [9.17, 15) is 27.6 Å². The Bertz CT molecular complexity index is 1430. The maximum absolute atomic E-state index is 13.7. The minimum absolute atomic E-state index is 0.0882. The molecule has 2 fully saturated rings. The van der Waals surface area contributed by atoms with Crippen molar-refractivity contribution in [2.45, 2.75) is 95.4 Å². The highest BCUT2D eigenvalue weighted by Crippen LogP contribution is 2.45. The minimum atomic E-state index is -4.41. The van der Waals surface area contributed by atoms with Crippen LogP contribution in [0.3, 0.4) is 0 Å². The van der Waals surface area contributed by atoms with Gasteiger partial charge in [-0.15, -0.1) is 0 Å². The molecular weight excluding hydrogens is 633 g/mol. The lowest BCUT2D eigenvalue weighted by Gasteiger charge is -2.30. The molecular formula is C29H39Cl2N5O7S. The largest absolute Gasteiger partial charge is 0.444 e. The molecule has 4 atom stereocenters. The first-order valence-corrected chi connectivity index (χ1v) is 16.9. The lowest BCUT2D eigenvalue weighted by molar-refractivity contribution is -0.141. The molecule has 0 radical (unpaired) electrons. The van der Waals surface area contributed by atoms with E-state index in [1.165, 1.54) is 23.1 Å². The zero-order chi connectivity index (χ0) is 32.3. The highest BCUT2D eigenvalue weighted by molar-refractivity contribution is 7.91. The third-order valence-corrected chi connectivity index (χ3v) is 9.42. The number of rotatable bonds is 5. The van der Waals surface area contributed by atoms with E-state index in [0.29, 0.717) is 38.6 Å². The van der Waals surface area contributed by atoms with Crippen molar-refractivity contribution >= 4 is 62.9 Å². The predicted molar refractivity (Wildman–Crippen MR) is 166 cm³/mol. The number of alkyl carbamates (subject to hydrolysis) is 1. The quantitative estimate of drug-likeness (QED) is 0.343. The first-order chi connectivity index (χ1) is 20.6. The third kappa shape index (κ3) is 8.57. The molecule has 44 heavy (non-hydrogen) atoms. The summed E-state index contributed by atoms with van der Waals surface area (Å²) in [6.45, 7) is 5.48. The van der Waals surface area contributed by atoms with Crippen LogP contribution in [0.4, 0.5) is 10.5 Å². The average Bonchev–Trinajstić information content (AvgIpc) is 3.37. The summed E-state index contributed by atoms with van der Waals surface area (Å²) < 4.78 is 35.4. The predicted octanol–water partition coefficient (Wildman–Crippen LogP) is 4.05. The van der Waals surface area contributed by atoms with Gasteiger partial charge in [0, 0.05) is 12.5 Å². The van der Waals surface area contributed by atoms with Crippen LogP contribution in [0.25, 0.3) is 0 Å². The van der Waals surface area contributed by atoms with E-state index in [1.54, 1.807) is 20.8 Å². The number of fused-ring (bicyclic) bond motifs is 2. The molecule has 15 heteroatoms. The van der Waals surface area contributed by atoms with Gasteiger partial charge in [0.15, 0.2) is 0 Å². The highest BCUT2D eigenvalue weighted by Gasteiger charge is 2.61. The van der Waals surface area contributed by atoms with Gasteiger partial charge in [0.2, 0.25) is 11.8 Å². The molecule has 0 bridgehead atoms. The molecule has 4 amide bonds. The van der Waals surface area contributed by atoms with Crippen LogP contribution in [-0.2, 0) is 29.3 Å². The third-order valence-electron chi connectivity index (χ3n) is 7.72. The van der Waals surface area contributed by atoms with Gasteiger partial charge in [-0.3, -0.25) is 19.1 Å². The number of anilines is 1. The molecule has 3 aliphatic rings. The summed E-state index contributed by atoms with van der Waals surface area (Å²) in [5.74, 6) is -2.31. The summed E-state index contributed by atoms with van der Waals surface area (Å²) >= 11 is 11.9. The number of allylic oxidation sites excluding steroid dienone is 1. The maximum atomic E-state index is 13.7. The number of halogens is 2. The van der Waals surface area contributed by atoms with Crippen molar-refractivity contribution in [3.05, 3.63) is 40.4 Å². The monoisotopic (exact) mass is 671 g/mol. The number of hydrogen-bond donors (Lipinski definition) is 4. The second-order valence-electron chi connectivity index (χ2n) is 12.4. The van der Waals surface area contributed by atoms with Crippen LogP contribution in [0.5, 0.6) is 0 Å². The molecule has 1 aromatic carbocycles. The average molecular weight is 673 g/mol. The Morgan fingerprint density at radius 1 is 1.07 bits per heavy atom. The van der Waals surface area contributed by atoms with Gasteiger partial charge in [0.1, 0.15) is 23.2 Å². The Kier molecular flexibility index (Phi) is 10.4. The number of carbonyl (C=O) groups excluding carboxylic acids is 4. The first-order valence-electron chi connectivity index (χ1n) is 14.7. The second kappa shape index (κ2) is 13.5. The molecule has 2 aliphatic heterocycles. The number of amides is 4. The van der Waals surface area contributed by atoms with Crippen molar-refractivity contribution < 1.29 is 32.3 Å². The Hall–Kier alpha value is -3.03. The van der Waals surface area contributed by atoms with Gasteiger partial charge in [-0.05, 0) is 77.5 Å². The summed E-state index contributed by atoms with van der Waals surface area (Å²) in [7, 11) is -4.41. The van der Waals surface area contributed by atoms with E-state index >= 15 is 0 Å². The lowest BCUT2D eigenvalue weighted by atomic mass is 10.0. The van der Waals surface area contributed by atoms with Crippen molar-refractivity contribution in [1.29, 1.82) is 0 Å². The van der Waals surface area contributed by atoms with Crippen molar-refractivity contribution in [3.63, 3.8) is 0 Å². The zero-order valence-electron chi connectivity index (χ0n) is 25.0. The Morgan fingerprint density at radius 2 is 1.82 bits per heavy atom. The number of nitrogens with one attached hydrogen (secondary N) is 4. The number of hydrogen-bond acceptors (Lipinski definition) is 7. The molecule has 1 saturated carbocycles. The molecule has 0 aromatic heterocycles. The van der Waals surface area contributed by atoms with Crippen LogP contribution in [0.1, 0.15) is 72.1 Å². The standard InChI is InChI=1S/C29H39Cl2N5O7S/c1-28(2,3)43-27(40)32-22-11-8-6-4-5-7-10-18-17-29(18,33-24(37)23-12-9-15-36(23)25(22)38)26(39)35-44(41,42)34-19-13-14-20(30)21(31)16-19/h7,10,13-14,16,18,22-23,34H,4-6,8-9,11-12,15,17H2,1-3H3,(H,32,40)(H,33,37)(H,35,39)/t18-,22+,23?,29-/m1/s1. The van der Waals surface area contributed by atoms with Gasteiger partial charge in [0.25, 0.3) is 5.91 Å². The molecule has 1 saturated heterocycles. The van der Waals surface area contributed by atoms with E-state index < -0.39 is 63.2 Å². The number of ether oxygens (including phenoxy) is 1. The van der Waals surface area contributed by atoms with Crippen LogP contribution in [0.15, 0.2) is 30.4 Å². The Morgan fingerprint density at radius 3 is 2.52 bits per heavy atom. The van der Waals surface area contributed by atoms with E-state index in [2.05, 4.69) is 15.4 Å². The maximum Gasteiger partial charge on any atom is 0.408 e. The lowest BCUT2D eigenvalue weighted by Crippen LogP contribution is -2.58. The minimum Gasteiger partial charge on any atom is -0.444 e. The van der Waals surface area contributed by atoms with Crippen LogP contribution in [0, 0.1) is 5.92 Å². The van der Waals surface area contributed by atoms with Gasteiger partial charge in [-0.1, -0.05) is 48.2 Å². The number of carbonyl (C=O) groups is 4. The highest BCUT2D eigenvalue weighted by atomic mass is 35.5. The van der Waals surface area contributed by atoms with Crippen LogP contribution < -0.4 is 20.1 Å². The molecule has 1 aromatic rings. The molecule has 0 spiro atoms. The summed E-state index contributed by atoms with van der Waals surface area (Å²) in [4.78, 5) is 54.9. The van der Waals surface area contributed by atoms with Crippen LogP contribution in [-0.4, -0.2) is 66.9 Å². The molecule has 1 aliphatic carbocycles. The molecule has 2 heterocycles. The fourth-order valence-electron chi connectivity index (χ4n) is 5.50. The second-order valence-corrected chi connectivity index (χ2v) is 14.6. The normalized spacial score (nSPS) is 26.3. The van der Waals surface area contributed by atoms with Gasteiger partial charge in [-0.2, -0.15) is 8.42 Å². The van der Waals surface area contributed by atoms with Gasteiger partial charge in [-0.25, -0.2) is 9.52 Å². The van der Waals surface area contributed by atoms with Crippen molar-refractivity contribution in [2.24, 2.45) is 5.92 Å². The number of nitrogens with zero attached hydrogens (tertiary/aromatic N) is 1. The molecule has 242 valence electrons. The van der Waals surface area contributed by atoms with E-state index in [4.69, 9.17) is 27.9 Å². The smallest absolute Gasteiger partial charge is 0.408 e. The topological polar surface area (TPSA) is 163 Å². The van der Waals surface area contributed by atoms with E-state index in [-0.39, 0.29) is 22.2 Å². The zero-order valence-corrected chi connectivity index (χ0v) is 27.3. The van der Waals surface area contributed by atoms with Crippen LogP contribution >= 0.6 is 23.2 Å². The van der Waals surface area contributed by atoms with Gasteiger partial charge in [0.05, 0.1) is 15.7 Å². The summed E-state index contributed by atoms with van der Waals surface area (Å²) in [6, 6.07) is 2.32. The summed E-state index contributed by atoms with van der Waals surface area (Å²) in [5.41, 5.74) is -2.19. The number of benzene rings is 1.